The van der Waals surface area contributed by atoms with Crippen LogP contribution in [0.1, 0.15) is 42.6 Å². The molecule has 0 radical (unpaired) electrons. The Hall–Kier alpha value is -1.90. The van der Waals surface area contributed by atoms with Crippen molar-refractivity contribution in [1.29, 1.82) is 0 Å². The number of fused-ring (bicyclic) bond motifs is 1. The molecule has 100 valence electrons. The number of carbonyl (C=O) groups is 1. The lowest BCUT2D eigenvalue weighted by Gasteiger charge is -1.98. The third-order valence-electron chi connectivity index (χ3n) is 3.33. The Morgan fingerprint density at radius 3 is 2.89 bits per heavy atom. The normalized spacial score (nSPS) is 10.8. The Morgan fingerprint density at radius 2 is 2.11 bits per heavy atom. The van der Waals surface area contributed by atoms with Gasteiger partial charge in [-0.05, 0) is 25.3 Å². The van der Waals surface area contributed by atoms with E-state index in [-0.39, 0.29) is 5.78 Å². The standard InChI is InChI=1S/C16H20N2O/c1-3-4-5-6-7-12-15(19)16-13-10-8-9-11-14(13)18(2)17-16/h3,8-11H,1,4-7,12H2,2H3. The summed E-state index contributed by atoms with van der Waals surface area (Å²) >= 11 is 0. The number of rotatable bonds is 7. The van der Waals surface area contributed by atoms with Crippen LogP contribution >= 0.6 is 0 Å². The molecular formula is C16H20N2O. The number of Topliss-reactive ketones (excluding diaryl/α,β-unsaturated/α-hetero) is 1. The molecule has 0 saturated heterocycles. The summed E-state index contributed by atoms with van der Waals surface area (Å²) in [6.07, 6.45) is 6.65. The molecule has 0 spiro atoms. The van der Waals surface area contributed by atoms with Gasteiger partial charge >= 0.3 is 0 Å². The molecule has 0 fully saturated rings. The van der Waals surface area contributed by atoms with Gasteiger partial charge in [0.05, 0.1) is 5.52 Å². The fraction of sp³-hybridized carbons (Fsp3) is 0.375. The van der Waals surface area contributed by atoms with Crippen LogP contribution in [0.5, 0.6) is 0 Å². The molecule has 3 nitrogen and oxygen atoms in total. The van der Waals surface area contributed by atoms with E-state index in [1.807, 2.05) is 37.4 Å². The topological polar surface area (TPSA) is 34.9 Å². The quantitative estimate of drug-likeness (QED) is 0.428. The third-order valence-corrected chi connectivity index (χ3v) is 3.33. The molecule has 0 unspecified atom stereocenters. The first-order valence-corrected chi connectivity index (χ1v) is 6.80. The Labute approximate surface area is 113 Å². The molecule has 0 aliphatic rings. The van der Waals surface area contributed by atoms with Crippen LogP contribution in [-0.2, 0) is 7.05 Å². The van der Waals surface area contributed by atoms with E-state index in [9.17, 15) is 4.79 Å². The maximum absolute atomic E-state index is 12.2. The zero-order valence-electron chi connectivity index (χ0n) is 11.4. The maximum Gasteiger partial charge on any atom is 0.183 e. The van der Waals surface area contributed by atoms with Crippen molar-refractivity contribution in [1.82, 2.24) is 9.78 Å². The van der Waals surface area contributed by atoms with Crippen molar-refractivity contribution < 1.29 is 4.79 Å². The van der Waals surface area contributed by atoms with Crippen molar-refractivity contribution in [3.63, 3.8) is 0 Å². The summed E-state index contributed by atoms with van der Waals surface area (Å²) in [5.41, 5.74) is 1.62. The maximum atomic E-state index is 12.2. The summed E-state index contributed by atoms with van der Waals surface area (Å²) in [6, 6.07) is 7.87. The molecule has 0 bridgehead atoms. The van der Waals surface area contributed by atoms with Gasteiger partial charge in [-0.2, -0.15) is 5.10 Å². The van der Waals surface area contributed by atoms with Crippen molar-refractivity contribution in [3.8, 4) is 0 Å². The lowest BCUT2D eigenvalue weighted by atomic mass is 10.1. The summed E-state index contributed by atoms with van der Waals surface area (Å²) in [6.45, 7) is 3.70. The van der Waals surface area contributed by atoms with E-state index in [2.05, 4.69) is 11.7 Å². The first-order chi connectivity index (χ1) is 9.24. The first-order valence-electron chi connectivity index (χ1n) is 6.80. The number of allylic oxidation sites excluding steroid dienone is 1. The number of carbonyl (C=O) groups excluding carboxylic acids is 1. The largest absolute Gasteiger partial charge is 0.292 e. The van der Waals surface area contributed by atoms with E-state index in [1.165, 1.54) is 0 Å². The van der Waals surface area contributed by atoms with Crippen molar-refractivity contribution in [2.75, 3.05) is 0 Å². The number of unbranched alkanes of at least 4 members (excludes halogenated alkanes) is 3. The van der Waals surface area contributed by atoms with Gasteiger partial charge in [0.2, 0.25) is 0 Å². The zero-order valence-corrected chi connectivity index (χ0v) is 11.4. The molecular weight excluding hydrogens is 236 g/mol. The van der Waals surface area contributed by atoms with E-state index in [4.69, 9.17) is 0 Å². The van der Waals surface area contributed by atoms with E-state index >= 15 is 0 Å². The van der Waals surface area contributed by atoms with Gasteiger partial charge in [-0.3, -0.25) is 9.48 Å². The molecule has 0 atom stereocenters. The van der Waals surface area contributed by atoms with Gasteiger partial charge in [0.25, 0.3) is 0 Å². The SMILES string of the molecule is C=CCCCCCC(=O)c1nn(C)c2ccccc12. The van der Waals surface area contributed by atoms with Crippen LogP contribution in [0.3, 0.4) is 0 Å². The number of aryl methyl sites for hydroxylation is 1. The number of ketones is 1. The predicted molar refractivity (Wildman–Crippen MR) is 78.3 cm³/mol. The van der Waals surface area contributed by atoms with Crippen LogP contribution in [0.4, 0.5) is 0 Å². The van der Waals surface area contributed by atoms with Crippen LogP contribution in [0, 0.1) is 0 Å². The van der Waals surface area contributed by atoms with Crippen LogP contribution in [0.25, 0.3) is 10.9 Å². The average Bonchev–Trinajstić information content (AvgIpc) is 2.76. The van der Waals surface area contributed by atoms with Gasteiger partial charge in [0, 0.05) is 18.9 Å². The molecule has 0 aliphatic carbocycles. The highest BCUT2D eigenvalue weighted by atomic mass is 16.1. The van der Waals surface area contributed by atoms with Gasteiger partial charge in [-0.1, -0.05) is 30.7 Å². The fourth-order valence-corrected chi connectivity index (χ4v) is 2.29. The molecule has 2 rings (SSSR count). The van der Waals surface area contributed by atoms with E-state index in [0.717, 1.165) is 36.6 Å². The van der Waals surface area contributed by atoms with E-state index in [1.54, 1.807) is 4.68 Å². The predicted octanol–water partition coefficient (Wildman–Crippen LogP) is 3.89. The molecule has 1 aromatic heterocycles. The highest BCUT2D eigenvalue weighted by Gasteiger charge is 2.14. The second-order valence-corrected chi connectivity index (χ2v) is 4.80. The second kappa shape index (κ2) is 6.32. The van der Waals surface area contributed by atoms with Gasteiger partial charge in [0.15, 0.2) is 5.78 Å². The molecule has 1 aromatic carbocycles. The van der Waals surface area contributed by atoms with Crippen molar-refractivity contribution >= 4 is 16.7 Å². The minimum atomic E-state index is 0.149. The van der Waals surface area contributed by atoms with E-state index < -0.39 is 0 Å². The van der Waals surface area contributed by atoms with Gasteiger partial charge in [-0.25, -0.2) is 0 Å². The Kier molecular flexibility index (Phi) is 4.50. The van der Waals surface area contributed by atoms with Crippen LogP contribution < -0.4 is 0 Å². The molecule has 3 heteroatoms. The van der Waals surface area contributed by atoms with Gasteiger partial charge < -0.3 is 0 Å². The summed E-state index contributed by atoms with van der Waals surface area (Å²) in [4.78, 5) is 12.2. The lowest BCUT2D eigenvalue weighted by Crippen LogP contribution is -2.01. The number of nitrogens with zero attached hydrogens (tertiary/aromatic N) is 2. The first kappa shape index (κ1) is 13.5. The lowest BCUT2D eigenvalue weighted by molar-refractivity contribution is 0.0975. The number of para-hydroxylation sites is 1. The van der Waals surface area contributed by atoms with Crippen molar-refractivity contribution in [2.45, 2.75) is 32.1 Å². The molecule has 1 heterocycles. The van der Waals surface area contributed by atoms with Gasteiger partial charge in [0.1, 0.15) is 5.69 Å². The molecule has 2 aromatic rings. The fourth-order valence-electron chi connectivity index (χ4n) is 2.29. The highest BCUT2D eigenvalue weighted by Crippen LogP contribution is 2.19. The zero-order chi connectivity index (χ0) is 13.7. The minimum Gasteiger partial charge on any atom is -0.292 e. The molecule has 0 amide bonds. The smallest absolute Gasteiger partial charge is 0.183 e. The second-order valence-electron chi connectivity index (χ2n) is 4.80. The summed E-state index contributed by atoms with van der Waals surface area (Å²) in [5.74, 6) is 0.149. The molecule has 0 N–H and O–H groups in total. The number of hydrogen-bond donors (Lipinski definition) is 0. The summed E-state index contributed by atoms with van der Waals surface area (Å²) < 4.78 is 1.78. The van der Waals surface area contributed by atoms with Gasteiger partial charge in [-0.15, -0.1) is 6.58 Å². The summed E-state index contributed by atoms with van der Waals surface area (Å²) in [7, 11) is 1.88. The van der Waals surface area contributed by atoms with Crippen LogP contribution in [0.2, 0.25) is 0 Å². The van der Waals surface area contributed by atoms with E-state index in [0.29, 0.717) is 12.1 Å². The Bertz CT molecular complexity index is 583. The van der Waals surface area contributed by atoms with Crippen molar-refractivity contribution in [2.24, 2.45) is 7.05 Å². The summed E-state index contributed by atoms with van der Waals surface area (Å²) in [5, 5.41) is 5.32. The molecule has 0 saturated carbocycles. The number of benzene rings is 1. The highest BCUT2D eigenvalue weighted by molar-refractivity contribution is 6.05. The molecule has 19 heavy (non-hydrogen) atoms. The van der Waals surface area contributed by atoms with Crippen molar-refractivity contribution in [3.05, 3.63) is 42.6 Å². The Balaban J connectivity index is 2.03. The number of aromatic nitrogens is 2. The third kappa shape index (κ3) is 3.11. The molecule has 0 aliphatic heterocycles. The monoisotopic (exact) mass is 256 g/mol. The average molecular weight is 256 g/mol. The number of hydrogen-bond acceptors (Lipinski definition) is 2. The van der Waals surface area contributed by atoms with Crippen LogP contribution in [-0.4, -0.2) is 15.6 Å². The minimum absolute atomic E-state index is 0.149. The Morgan fingerprint density at radius 1 is 1.32 bits per heavy atom. The van der Waals surface area contributed by atoms with Crippen LogP contribution in [0.15, 0.2) is 36.9 Å².